The van der Waals surface area contributed by atoms with Gasteiger partial charge in [-0.1, -0.05) is 18.2 Å². The molecule has 0 unspecified atom stereocenters. The van der Waals surface area contributed by atoms with Crippen molar-refractivity contribution in [3.63, 3.8) is 0 Å². The van der Waals surface area contributed by atoms with Crippen LogP contribution in [0.2, 0.25) is 0 Å². The first-order valence-electron chi connectivity index (χ1n) is 6.46. The van der Waals surface area contributed by atoms with Crippen LogP contribution in [0, 0.1) is 0 Å². The number of ether oxygens (including phenoxy) is 1. The average molecular weight is 256 g/mol. The molecular formula is C16H20N2O. The molecule has 0 atom stereocenters. The van der Waals surface area contributed by atoms with Gasteiger partial charge < -0.3 is 15.4 Å². The molecule has 0 amide bonds. The molecule has 0 aliphatic carbocycles. The first kappa shape index (κ1) is 13.3. The topological polar surface area (TPSA) is 38.5 Å². The van der Waals surface area contributed by atoms with Crippen LogP contribution >= 0.6 is 0 Å². The molecule has 3 heteroatoms. The highest BCUT2D eigenvalue weighted by molar-refractivity contribution is 5.56. The Balaban J connectivity index is 2.14. The van der Waals surface area contributed by atoms with Gasteiger partial charge in [0.25, 0.3) is 0 Å². The molecule has 0 fully saturated rings. The summed E-state index contributed by atoms with van der Waals surface area (Å²) in [5.41, 5.74) is 9.04. The number of nitrogens with two attached hydrogens (primary N) is 1. The number of nitrogen functional groups attached to an aromatic ring is 1. The number of nitrogens with zero attached hydrogens (tertiary/aromatic N) is 1. The minimum Gasteiger partial charge on any atom is -0.497 e. The molecule has 0 saturated carbocycles. The highest BCUT2D eigenvalue weighted by Crippen LogP contribution is 2.20. The van der Waals surface area contributed by atoms with Crippen LogP contribution in [0.15, 0.2) is 48.5 Å². The maximum Gasteiger partial charge on any atom is 0.118 e. The summed E-state index contributed by atoms with van der Waals surface area (Å²) in [5, 5.41) is 0. The monoisotopic (exact) mass is 256 g/mol. The van der Waals surface area contributed by atoms with E-state index in [-0.39, 0.29) is 0 Å². The largest absolute Gasteiger partial charge is 0.497 e. The van der Waals surface area contributed by atoms with Gasteiger partial charge in [0.1, 0.15) is 5.75 Å². The molecule has 0 spiro atoms. The van der Waals surface area contributed by atoms with Crippen molar-refractivity contribution in [1.82, 2.24) is 0 Å². The van der Waals surface area contributed by atoms with E-state index in [9.17, 15) is 0 Å². The molecule has 0 radical (unpaired) electrons. The van der Waals surface area contributed by atoms with Crippen molar-refractivity contribution in [3.05, 3.63) is 54.1 Å². The number of hydrogen-bond donors (Lipinski definition) is 1. The Labute approximate surface area is 114 Å². The minimum absolute atomic E-state index is 0.797. The standard InChI is InChI=1S/C16H20N2O/c1-3-18(15-6-4-5-14(17)11-15)12-13-7-9-16(19-2)10-8-13/h4-11H,3,12,17H2,1-2H3. The van der Waals surface area contributed by atoms with Crippen LogP contribution in [0.4, 0.5) is 11.4 Å². The summed E-state index contributed by atoms with van der Waals surface area (Å²) in [6, 6.07) is 16.1. The van der Waals surface area contributed by atoms with E-state index in [1.807, 2.05) is 30.3 Å². The van der Waals surface area contributed by atoms with Crippen LogP contribution in [0.5, 0.6) is 5.75 Å². The van der Waals surface area contributed by atoms with Gasteiger partial charge in [-0.3, -0.25) is 0 Å². The smallest absolute Gasteiger partial charge is 0.118 e. The highest BCUT2D eigenvalue weighted by Gasteiger charge is 2.05. The first-order valence-corrected chi connectivity index (χ1v) is 6.46. The second-order valence-electron chi connectivity index (χ2n) is 4.46. The normalized spacial score (nSPS) is 10.2. The maximum absolute atomic E-state index is 5.84. The van der Waals surface area contributed by atoms with Crippen molar-refractivity contribution < 1.29 is 4.74 Å². The quantitative estimate of drug-likeness (QED) is 0.834. The highest BCUT2D eigenvalue weighted by atomic mass is 16.5. The van der Waals surface area contributed by atoms with Crippen molar-refractivity contribution in [2.75, 3.05) is 24.3 Å². The molecule has 19 heavy (non-hydrogen) atoms. The van der Waals surface area contributed by atoms with Gasteiger partial charge in [-0.2, -0.15) is 0 Å². The summed E-state index contributed by atoms with van der Waals surface area (Å²) in [7, 11) is 1.68. The van der Waals surface area contributed by atoms with E-state index in [0.717, 1.165) is 30.2 Å². The Morgan fingerprint density at radius 3 is 2.42 bits per heavy atom. The zero-order valence-corrected chi connectivity index (χ0v) is 11.5. The van der Waals surface area contributed by atoms with Gasteiger partial charge in [0.05, 0.1) is 7.11 Å². The second kappa shape index (κ2) is 6.14. The third-order valence-electron chi connectivity index (χ3n) is 3.15. The molecule has 100 valence electrons. The zero-order valence-electron chi connectivity index (χ0n) is 11.5. The van der Waals surface area contributed by atoms with Crippen molar-refractivity contribution in [3.8, 4) is 5.75 Å². The van der Waals surface area contributed by atoms with Gasteiger partial charge in [-0.25, -0.2) is 0 Å². The summed E-state index contributed by atoms with van der Waals surface area (Å²) >= 11 is 0. The van der Waals surface area contributed by atoms with Crippen LogP contribution in [-0.4, -0.2) is 13.7 Å². The molecule has 0 aliphatic heterocycles. The zero-order chi connectivity index (χ0) is 13.7. The first-order chi connectivity index (χ1) is 9.22. The summed E-state index contributed by atoms with van der Waals surface area (Å²) < 4.78 is 5.17. The predicted octanol–water partition coefficient (Wildman–Crippen LogP) is 3.30. The van der Waals surface area contributed by atoms with Crippen LogP contribution in [0.3, 0.4) is 0 Å². The van der Waals surface area contributed by atoms with E-state index < -0.39 is 0 Å². The molecule has 2 N–H and O–H groups in total. The van der Waals surface area contributed by atoms with Crippen LogP contribution in [-0.2, 0) is 6.54 Å². The fraction of sp³-hybridized carbons (Fsp3) is 0.250. The number of benzene rings is 2. The molecule has 0 saturated heterocycles. The lowest BCUT2D eigenvalue weighted by molar-refractivity contribution is 0.414. The lowest BCUT2D eigenvalue weighted by Crippen LogP contribution is -2.21. The predicted molar refractivity (Wildman–Crippen MR) is 80.6 cm³/mol. The fourth-order valence-corrected chi connectivity index (χ4v) is 2.06. The van der Waals surface area contributed by atoms with Crippen LogP contribution in [0.1, 0.15) is 12.5 Å². The number of methoxy groups -OCH3 is 1. The summed E-state index contributed by atoms with van der Waals surface area (Å²) in [6.45, 7) is 3.95. The van der Waals surface area contributed by atoms with Gasteiger partial charge in [0.15, 0.2) is 0 Å². The van der Waals surface area contributed by atoms with Gasteiger partial charge in [-0.15, -0.1) is 0 Å². The van der Waals surface area contributed by atoms with Gasteiger partial charge in [0.2, 0.25) is 0 Å². The Bertz CT molecular complexity index is 523. The van der Waals surface area contributed by atoms with Crippen molar-refractivity contribution >= 4 is 11.4 Å². The third-order valence-corrected chi connectivity index (χ3v) is 3.15. The third kappa shape index (κ3) is 3.41. The van der Waals surface area contributed by atoms with E-state index in [4.69, 9.17) is 10.5 Å². The molecule has 0 aromatic heterocycles. The van der Waals surface area contributed by atoms with E-state index in [1.54, 1.807) is 7.11 Å². The summed E-state index contributed by atoms with van der Waals surface area (Å²) in [4.78, 5) is 2.29. The molecule has 2 aromatic carbocycles. The van der Waals surface area contributed by atoms with Crippen molar-refractivity contribution in [1.29, 1.82) is 0 Å². The Morgan fingerprint density at radius 2 is 1.84 bits per heavy atom. The Hall–Kier alpha value is -2.16. The fourth-order valence-electron chi connectivity index (χ4n) is 2.06. The van der Waals surface area contributed by atoms with Crippen molar-refractivity contribution in [2.24, 2.45) is 0 Å². The van der Waals surface area contributed by atoms with Crippen LogP contribution < -0.4 is 15.4 Å². The van der Waals surface area contributed by atoms with E-state index in [0.29, 0.717) is 0 Å². The van der Waals surface area contributed by atoms with E-state index >= 15 is 0 Å². The van der Waals surface area contributed by atoms with E-state index in [2.05, 4.69) is 30.0 Å². The van der Waals surface area contributed by atoms with Gasteiger partial charge in [0, 0.05) is 24.5 Å². The Morgan fingerprint density at radius 1 is 1.11 bits per heavy atom. The minimum atomic E-state index is 0.797. The molecule has 0 aliphatic rings. The number of anilines is 2. The van der Waals surface area contributed by atoms with Crippen molar-refractivity contribution in [2.45, 2.75) is 13.5 Å². The second-order valence-corrected chi connectivity index (χ2v) is 4.46. The Kier molecular flexibility index (Phi) is 4.29. The number of hydrogen-bond acceptors (Lipinski definition) is 3. The molecular weight excluding hydrogens is 236 g/mol. The molecule has 2 aromatic rings. The number of rotatable bonds is 5. The SMILES string of the molecule is CCN(Cc1ccc(OC)cc1)c1cccc(N)c1. The lowest BCUT2D eigenvalue weighted by Gasteiger charge is -2.23. The molecule has 0 heterocycles. The maximum atomic E-state index is 5.84. The van der Waals surface area contributed by atoms with Crippen LogP contribution in [0.25, 0.3) is 0 Å². The summed E-state index contributed by atoms with van der Waals surface area (Å²) in [5.74, 6) is 0.885. The average Bonchev–Trinajstić information content (AvgIpc) is 2.45. The van der Waals surface area contributed by atoms with Gasteiger partial charge in [-0.05, 0) is 42.8 Å². The molecule has 2 rings (SSSR count). The van der Waals surface area contributed by atoms with Gasteiger partial charge >= 0.3 is 0 Å². The van der Waals surface area contributed by atoms with E-state index in [1.165, 1.54) is 5.56 Å². The summed E-state index contributed by atoms with van der Waals surface area (Å²) in [6.07, 6.45) is 0. The molecule has 0 bridgehead atoms. The lowest BCUT2D eigenvalue weighted by atomic mass is 10.2. The molecule has 3 nitrogen and oxygen atoms in total.